The molecule has 1 fully saturated rings. The Morgan fingerprint density at radius 2 is 1.75 bits per heavy atom. The van der Waals surface area contributed by atoms with Gasteiger partial charge in [0.15, 0.2) is 0 Å². The summed E-state index contributed by atoms with van der Waals surface area (Å²) in [5, 5.41) is 0. The van der Waals surface area contributed by atoms with Crippen molar-refractivity contribution in [2.24, 2.45) is 17.1 Å². The van der Waals surface area contributed by atoms with Gasteiger partial charge in [-0.15, -0.1) is 0 Å². The molecule has 0 bridgehead atoms. The Morgan fingerprint density at radius 3 is 2.19 bits per heavy atom. The SMILES string of the molecule is Cc1cc(C)cc(CC(C)(CN)C2CC2)c1. The molecule has 1 aliphatic rings. The quantitative estimate of drug-likeness (QED) is 0.823. The van der Waals surface area contributed by atoms with Crippen LogP contribution in [0.3, 0.4) is 0 Å². The highest BCUT2D eigenvalue weighted by Gasteiger charge is 2.40. The van der Waals surface area contributed by atoms with E-state index >= 15 is 0 Å². The van der Waals surface area contributed by atoms with E-state index in [4.69, 9.17) is 5.73 Å². The molecular formula is C15H23N. The van der Waals surface area contributed by atoms with Crippen molar-refractivity contribution in [2.45, 2.75) is 40.0 Å². The van der Waals surface area contributed by atoms with E-state index in [9.17, 15) is 0 Å². The van der Waals surface area contributed by atoms with Crippen molar-refractivity contribution < 1.29 is 0 Å². The Kier molecular flexibility index (Phi) is 3.07. The molecule has 88 valence electrons. The first-order valence-corrected chi connectivity index (χ1v) is 6.31. The summed E-state index contributed by atoms with van der Waals surface area (Å²) < 4.78 is 0. The lowest BCUT2D eigenvalue weighted by atomic mass is 9.78. The van der Waals surface area contributed by atoms with Crippen LogP contribution in [0.25, 0.3) is 0 Å². The van der Waals surface area contributed by atoms with E-state index in [1.54, 1.807) is 0 Å². The highest BCUT2D eigenvalue weighted by molar-refractivity contribution is 5.29. The average molecular weight is 217 g/mol. The van der Waals surface area contributed by atoms with Crippen LogP contribution in [0.2, 0.25) is 0 Å². The Morgan fingerprint density at radius 1 is 1.19 bits per heavy atom. The van der Waals surface area contributed by atoms with E-state index in [-0.39, 0.29) is 0 Å². The molecule has 1 aliphatic carbocycles. The lowest BCUT2D eigenvalue weighted by molar-refractivity contribution is 0.281. The van der Waals surface area contributed by atoms with Gasteiger partial charge in [0, 0.05) is 0 Å². The van der Waals surface area contributed by atoms with E-state index in [1.165, 1.54) is 29.5 Å². The molecule has 1 saturated carbocycles. The number of aryl methyl sites for hydroxylation is 2. The maximum Gasteiger partial charge on any atom is -0.00173 e. The average Bonchev–Trinajstić information content (AvgIpc) is 2.98. The van der Waals surface area contributed by atoms with Crippen LogP contribution in [0.15, 0.2) is 18.2 Å². The van der Waals surface area contributed by atoms with Crippen LogP contribution in [-0.4, -0.2) is 6.54 Å². The van der Waals surface area contributed by atoms with Crippen molar-refractivity contribution in [1.82, 2.24) is 0 Å². The highest BCUT2D eigenvalue weighted by atomic mass is 14.6. The maximum absolute atomic E-state index is 5.97. The van der Waals surface area contributed by atoms with Gasteiger partial charge in [-0.05, 0) is 56.6 Å². The minimum absolute atomic E-state index is 0.320. The molecule has 1 heteroatoms. The summed E-state index contributed by atoms with van der Waals surface area (Å²) in [7, 11) is 0. The summed E-state index contributed by atoms with van der Waals surface area (Å²) in [5.74, 6) is 0.860. The Hall–Kier alpha value is -0.820. The minimum Gasteiger partial charge on any atom is -0.330 e. The van der Waals surface area contributed by atoms with Crippen molar-refractivity contribution in [3.05, 3.63) is 34.9 Å². The van der Waals surface area contributed by atoms with Crippen molar-refractivity contribution in [3.8, 4) is 0 Å². The van der Waals surface area contributed by atoms with Crippen molar-refractivity contribution >= 4 is 0 Å². The van der Waals surface area contributed by atoms with Crippen LogP contribution < -0.4 is 5.73 Å². The number of benzene rings is 1. The van der Waals surface area contributed by atoms with Gasteiger partial charge < -0.3 is 5.73 Å². The summed E-state index contributed by atoms with van der Waals surface area (Å²) in [6, 6.07) is 6.85. The molecule has 1 aromatic rings. The molecule has 1 atom stereocenters. The van der Waals surface area contributed by atoms with Gasteiger partial charge in [0.2, 0.25) is 0 Å². The minimum atomic E-state index is 0.320. The summed E-state index contributed by atoms with van der Waals surface area (Å²) in [6.07, 6.45) is 3.88. The fraction of sp³-hybridized carbons (Fsp3) is 0.600. The Bertz CT molecular complexity index is 359. The first-order chi connectivity index (χ1) is 7.53. The predicted molar refractivity (Wildman–Crippen MR) is 69.5 cm³/mol. The van der Waals surface area contributed by atoms with Gasteiger partial charge in [0.25, 0.3) is 0 Å². The fourth-order valence-electron chi connectivity index (χ4n) is 2.80. The van der Waals surface area contributed by atoms with Crippen LogP contribution in [0.4, 0.5) is 0 Å². The molecule has 1 aromatic carbocycles. The third-order valence-electron chi connectivity index (χ3n) is 3.92. The molecule has 0 radical (unpaired) electrons. The van der Waals surface area contributed by atoms with Crippen molar-refractivity contribution in [3.63, 3.8) is 0 Å². The van der Waals surface area contributed by atoms with E-state index in [0.29, 0.717) is 5.41 Å². The lowest BCUT2D eigenvalue weighted by Gasteiger charge is -2.28. The summed E-state index contributed by atoms with van der Waals surface area (Å²) in [6.45, 7) is 7.51. The van der Waals surface area contributed by atoms with E-state index in [1.807, 2.05) is 0 Å². The maximum atomic E-state index is 5.97. The third-order valence-corrected chi connectivity index (χ3v) is 3.92. The molecule has 2 N–H and O–H groups in total. The Balaban J connectivity index is 2.18. The number of hydrogen-bond donors (Lipinski definition) is 1. The first kappa shape index (κ1) is 11.7. The predicted octanol–water partition coefficient (Wildman–Crippen LogP) is 3.22. The van der Waals surface area contributed by atoms with E-state index in [0.717, 1.165) is 18.9 Å². The molecule has 0 saturated heterocycles. The molecule has 0 amide bonds. The zero-order chi connectivity index (χ0) is 11.8. The standard InChI is InChI=1S/C15H23N/c1-11-6-12(2)8-13(7-11)9-15(3,10-16)14-4-5-14/h6-8,14H,4-5,9-10,16H2,1-3H3. The monoisotopic (exact) mass is 217 g/mol. The zero-order valence-electron chi connectivity index (χ0n) is 10.7. The highest BCUT2D eigenvalue weighted by Crippen LogP contribution is 2.46. The second-order valence-corrected chi connectivity index (χ2v) is 5.81. The second-order valence-electron chi connectivity index (χ2n) is 5.81. The van der Waals surface area contributed by atoms with Crippen LogP contribution in [0.5, 0.6) is 0 Å². The number of hydrogen-bond acceptors (Lipinski definition) is 1. The zero-order valence-corrected chi connectivity index (χ0v) is 10.7. The van der Waals surface area contributed by atoms with Gasteiger partial charge in [-0.2, -0.15) is 0 Å². The van der Waals surface area contributed by atoms with Crippen LogP contribution in [-0.2, 0) is 6.42 Å². The molecule has 0 aliphatic heterocycles. The second kappa shape index (κ2) is 4.21. The van der Waals surface area contributed by atoms with Crippen molar-refractivity contribution in [2.75, 3.05) is 6.54 Å². The normalized spacial score (nSPS) is 19.5. The van der Waals surface area contributed by atoms with E-state index < -0.39 is 0 Å². The summed E-state index contributed by atoms with van der Waals surface area (Å²) in [4.78, 5) is 0. The first-order valence-electron chi connectivity index (χ1n) is 6.31. The molecule has 1 nitrogen and oxygen atoms in total. The largest absolute Gasteiger partial charge is 0.330 e. The number of rotatable bonds is 4. The smallest absolute Gasteiger partial charge is 0.00173 e. The van der Waals surface area contributed by atoms with Gasteiger partial charge in [-0.1, -0.05) is 36.2 Å². The topological polar surface area (TPSA) is 26.0 Å². The van der Waals surface area contributed by atoms with Gasteiger partial charge in [0.1, 0.15) is 0 Å². The van der Waals surface area contributed by atoms with Gasteiger partial charge >= 0.3 is 0 Å². The molecule has 16 heavy (non-hydrogen) atoms. The van der Waals surface area contributed by atoms with Crippen molar-refractivity contribution in [1.29, 1.82) is 0 Å². The molecule has 0 spiro atoms. The molecular weight excluding hydrogens is 194 g/mol. The lowest BCUT2D eigenvalue weighted by Crippen LogP contribution is -2.31. The molecule has 2 rings (SSSR count). The fourth-order valence-corrected chi connectivity index (χ4v) is 2.80. The summed E-state index contributed by atoms with van der Waals surface area (Å²) in [5.41, 5.74) is 10.5. The third kappa shape index (κ3) is 2.46. The summed E-state index contributed by atoms with van der Waals surface area (Å²) >= 11 is 0. The Labute approximate surface area is 99.0 Å². The van der Waals surface area contributed by atoms with E-state index in [2.05, 4.69) is 39.0 Å². The van der Waals surface area contributed by atoms with Crippen LogP contribution in [0.1, 0.15) is 36.5 Å². The van der Waals surface area contributed by atoms with Gasteiger partial charge in [0.05, 0.1) is 0 Å². The molecule has 1 unspecified atom stereocenters. The van der Waals surface area contributed by atoms with Crippen LogP contribution in [0, 0.1) is 25.2 Å². The van der Waals surface area contributed by atoms with Gasteiger partial charge in [-0.3, -0.25) is 0 Å². The van der Waals surface area contributed by atoms with Gasteiger partial charge in [-0.25, -0.2) is 0 Å². The molecule has 0 aromatic heterocycles. The number of nitrogens with two attached hydrogens (primary N) is 1. The van der Waals surface area contributed by atoms with Crippen LogP contribution >= 0.6 is 0 Å². The molecule has 0 heterocycles.